The van der Waals surface area contributed by atoms with Crippen LogP contribution in [0.15, 0.2) is 52.1 Å². The van der Waals surface area contributed by atoms with Gasteiger partial charge in [0.1, 0.15) is 11.4 Å². The maximum absolute atomic E-state index is 10.6. The van der Waals surface area contributed by atoms with Crippen molar-refractivity contribution in [2.45, 2.75) is 32.4 Å². The van der Waals surface area contributed by atoms with Crippen molar-refractivity contribution in [2.24, 2.45) is 4.99 Å². The minimum atomic E-state index is -1.15. The monoisotopic (exact) mass is 372 g/mol. The van der Waals surface area contributed by atoms with Crippen LogP contribution in [0.5, 0.6) is 0 Å². The van der Waals surface area contributed by atoms with Crippen LogP contribution in [0, 0.1) is 6.92 Å². The van der Waals surface area contributed by atoms with Gasteiger partial charge in [-0.15, -0.1) is 0 Å². The zero-order valence-corrected chi connectivity index (χ0v) is 17.0. The second-order valence-electron chi connectivity index (χ2n) is 7.22. The molecule has 6 heteroatoms. The molecule has 2 rings (SSSR count). The molecule has 0 aliphatic carbocycles. The fourth-order valence-corrected chi connectivity index (χ4v) is 2.82. The van der Waals surface area contributed by atoms with E-state index in [1.54, 1.807) is 25.3 Å². The second kappa shape index (κ2) is 9.58. The predicted molar refractivity (Wildman–Crippen MR) is 110 cm³/mol. The number of aryl methyl sites for hydroxylation is 1. The highest BCUT2D eigenvalue weighted by Crippen LogP contribution is 2.21. The Morgan fingerprint density at radius 3 is 2.48 bits per heavy atom. The Morgan fingerprint density at radius 2 is 1.93 bits per heavy atom. The molecule has 0 aliphatic heterocycles. The first-order valence-corrected chi connectivity index (χ1v) is 9.35. The molecule has 1 aromatic heterocycles. The Labute approximate surface area is 162 Å². The number of aliphatic hydroxyl groups is 1. The van der Waals surface area contributed by atoms with E-state index < -0.39 is 5.60 Å². The maximum Gasteiger partial charge on any atom is 0.191 e. The van der Waals surface area contributed by atoms with Crippen LogP contribution in [-0.2, 0) is 5.60 Å². The molecule has 27 heavy (non-hydrogen) atoms. The molecule has 1 heterocycles. The number of rotatable bonds is 8. The van der Waals surface area contributed by atoms with E-state index in [1.807, 2.05) is 6.92 Å². The normalized spacial score (nSPS) is 15.4. The number of aliphatic imine (C=N–C) groups is 1. The molecule has 2 atom stereocenters. The van der Waals surface area contributed by atoms with Gasteiger partial charge in [0.15, 0.2) is 5.96 Å². The van der Waals surface area contributed by atoms with Crippen LogP contribution >= 0.6 is 0 Å². The zero-order chi connectivity index (χ0) is 19.9. The summed E-state index contributed by atoms with van der Waals surface area (Å²) in [4.78, 5) is 6.73. The second-order valence-corrected chi connectivity index (χ2v) is 7.22. The molecule has 0 bridgehead atoms. The summed E-state index contributed by atoms with van der Waals surface area (Å²) in [5, 5.41) is 17.2. The molecular weight excluding hydrogens is 340 g/mol. The van der Waals surface area contributed by atoms with Gasteiger partial charge in [-0.2, -0.15) is 0 Å². The number of likely N-dealkylation sites (N-methyl/N-ethyl adjacent to an activating group) is 1. The van der Waals surface area contributed by atoms with Gasteiger partial charge in [0.25, 0.3) is 0 Å². The van der Waals surface area contributed by atoms with Crippen LogP contribution in [-0.4, -0.2) is 49.7 Å². The van der Waals surface area contributed by atoms with E-state index in [1.165, 1.54) is 11.1 Å². The molecule has 6 nitrogen and oxygen atoms in total. The van der Waals surface area contributed by atoms with Gasteiger partial charge in [0.2, 0.25) is 0 Å². The van der Waals surface area contributed by atoms with Gasteiger partial charge in [-0.25, -0.2) is 4.99 Å². The van der Waals surface area contributed by atoms with Crippen molar-refractivity contribution in [3.8, 4) is 0 Å². The molecule has 0 aliphatic rings. The van der Waals surface area contributed by atoms with Gasteiger partial charge in [-0.1, -0.05) is 29.8 Å². The average Bonchev–Trinajstić information content (AvgIpc) is 3.16. The number of hydrogen-bond donors (Lipinski definition) is 3. The van der Waals surface area contributed by atoms with Crippen molar-refractivity contribution in [1.29, 1.82) is 0 Å². The summed E-state index contributed by atoms with van der Waals surface area (Å²) in [5.41, 5.74) is 1.35. The van der Waals surface area contributed by atoms with E-state index in [0.717, 1.165) is 6.54 Å². The Kier molecular flexibility index (Phi) is 7.45. The first kappa shape index (κ1) is 21.0. The van der Waals surface area contributed by atoms with Crippen molar-refractivity contribution in [2.75, 3.05) is 33.7 Å². The summed E-state index contributed by atoms with van der Waals surface area (Å²) >= 11 is 0. The van der Waals surface area contributed by atoms with Crippen LogP contribution in [0.2, 0.25) is 0 Å². The molecular formula is C21H32N4O2. The van der Waals surface area contributed by atoms with Gasteiger partial charge in [0, 0.05) is 13.1 Å². The summed E-state index contributed by atoms with van der Waals surface area (Å²) in [6.45, 7) is 7.45. The zero-order valence-electron chi connectivity index (χ0n) is 17.0. The molecule has 1 aromatic carbocycles. The molecule has 3 N–H and O–H groups in total. The first-order chi connectivity index (χ1) is 12.8. The molecule has 2 unspecified atom stereocenters. The van der Waals surface area contributed by atoms with E-state index in [4.69, 9.17) is 4.42 Å². The third-order valence-electron chi connectivity index (χ3n) is 4.49. The molecule has 148 valence electrons. The molecule has 0 amide bonds. The Hall–Kier alpha value is -2.31. The van der Waals surface area contributed by atoms with Crippen LogP contribution in [0.25, 0.3) is 0 Å². The lowest BCUT2D eigenvalue weighted by atomic mass is 10.0. The van der Waals surface area contributed by atoms with E-state index in [-0.39, 0.29) is 12.6 Å². The van der Waals surface area contributed by atoms with E-state index in [9.17, 15) is 5.11 Å². The Balaban J connectivity index is 2.06. The highest BCUT2D eigenvalue weighted by atomic mass is 16.4. The van der Waals surface area contributed by atoms with Gasteiger partial charge < -0.3 is 25.1 Å². The van der Waals surface area contributed by atoms with E-state index in [0.29, 0.717) is 18.3 Å². The topological polar surface area (TPSA) is 73.0 Å². The summed E-state index contributed by atoms with van der Waals surface area (Å²) in [5.74, 6) is 1.18. The smallest absolute Gasteiger partial charge is 0.191 e. The third-order valence-corrected chi connectivity index (χ3v) is 4.49. The molecule has 0 fully saturated rings. The molecule has 0 saturated heterocycles. The fourth-order valence-electron chi connectivity index (χ4n) is 2.82. The van der Waals surface area contributed by atoms with Gasteiger partial charge in [0.05, 0.1) is 18.8 Å². The number of hydrogen-bond acceptors (Lipinski definition) is 4. The summed E-state index contributed by atoms with van der Waals surface area (Å²) in [7, 11) is 4.13. The van der Waals surface area contributed by atoms with Crippen molar-refractivity contribution >= 4 is 5.96 Å². The van der Waals surface area contributed by atoms with Gasteiger partial charge >= 0.3 is 0 Å². The van der Waals surface area contributed by atoms with Crippen LogP contribution < -0.4 is 10.6 Å². The lowest BCUT2D eigenvalue weighted by molar-refractivity contribution is 0.0437. The van der Waals surface area contributed by atoms with E-state index >= 15 is 0 Å². The van der Waals surface area contributed by atoms with Crippen molar-refractivity contribution < 1.29 is 9.52 Å². The lowest BCUT2D eigenvalue weighted by Gasteiger charge is -2.26. The van der Waals surface area contributed by atoms with Crippen molar-refractivity contribution in [3.63, 3.8) is 0 Å². The number of nitrogens with one attached hydrogen (secondary N) is 2. The van der Waals surface area contributed by atoms with Crippen LogP contribution in [0.1, 0.15) is 36.8 Å². The predicted octanol–water partition coefficient (Wildman–Crippen LogP) is 2.65. The maximum atomic E-state index is 10.6. The van der Waals surface area contributed by atoms with Crippen LogP contribution in [0.4, 0.5) is 0 Å². The largest absolute Gasteiger partial charge is 0.466 e. The standard InChI is InChI=1S/C21H32N4O2/c1-6-22-20(24-15-21(3,26)19-8-7-13-27-19)23-14-18(25(4)5)17-11-9-16(2)10-12-17/h7-13,18,26H,6,14-15H2,1-5H3,(H2,22,23,24). The Morgan fingerprint density at radius 1 is 1.22 bits per heavy atom. The minimum Gasteiger partial charge on any atom is -0.466 e. The fraction of sp³-hybridized carbons (Fsp3) is 0.476. The number of benzene rings is 1. The van der Waals surface area contributed by atoms with E-state index in [2.05, 4.69) is 65.8 Å². The average molecular weight is 373 g/mol. The molecule has 0 saturated carbocycles. The van der Waals surface area contributed by atoms with Crippen molar-refractivity contribution in [1.82, 2.24) is 15.5 Å². The van der Waals surface area contributed by atoms with Crippen molar-refractivity contribution in [3.05, 3.63) is 59.5 Å². The number of guanidine groups is 1. The summed E-state index contributed by atoms with van der Waals surface area (Å²) in [6.07, 6.45) is 1.56. The highest BCUT2D eigenvalue weighted by Gasteiger charge is 2.26. The third kappa shape index (κ3) is 6.12. The first-order valence-electron chi connectivity index (χ1n) is 9.35. The van der Waals surface area contributed by atoms with Crippen LogP contribution in [0.3, 0.4) is 0 Å². The Bertz CT molecular complexity index is 706. The number of nitrogens with zero attached hydrogens (tertiary/aromatic N) is 2. The molecule has 0 radical (unpaired) electrons. The quantitative estimate of drug-likeness (QED) is 0.491. The summed E-state index contributed by atoms with van der Waals surface area (Å²) < 4.78 is 5.32. The van der Waals surface area contributed by atoms with Gasteiger partial charge in [-0.3, -0.25) is 0 Å². The molecule has 0 spiro atoms. The highest BCUT2D eigenvalue weighted by molar-refractivity contribution is 5.79. The lowest BCUT2D eigenvalue weighted by Crippen LogP contribution is -2.42. The minimum absolute atomic E-state index is 0.201. The van der Waals surface area contributed by atoms with Gasteiger partial charge in [-0.05, 0) is 52.6 Å². The number of furan rings is 1. The SMILES string of the molecule is CCNC(=NCC(C)(O)c1ccco1)NCC(c1ccc(C)cc1)N(C)C. The summed E-state index contributed by atoms with van der Waals surface area (Å²) in [6, 6.07) is 12.3. The molecule has 2 aromatic rings.